The van der Waals surface area contributed by atoms with Gasteiger partial charge in [-0.25, -0.2) is 0 Å². The first-order chi connectivity index (χ1) is 19.2. The smallest absolute Gasteiger partial charge is 0.268 e. The standard InChI is InChI=1S/C30H36N8O2/c1-18(2)23-17-33-38-26(23)35-29(37-13-11-21(31)12-14-37)36-28(38)32-16-20-7-5-6-8-22(20)19-9-10-25-24(15-19)34-27(39)30(3,4)40-25/h5-10,15,17-18,21H,11-14,16,31H2,1-4H3,(H,34,39)(H,32,35,36). The average Bonchev–Trinajstić information content (AvgIpc) is 3.37. The number of carbonyl (C=O) groups excluding carboxylic acids is 1. The fourth-order valence-corrected chi connectivity index (χ4v) is 5.25. The van der Waals surface area contributed by atoms with Gasteiger partial charge in [-0.3, -0.25) is 4.79 Å². The van der Waals surface area contributed by atoms with Crippen molar-refractivity contribution in [3.05, 3.63) is 59.8 Å². The van der Waals surface area contributed by atoms with Crippen LogP contribution in [0.25, 0.3) is 16.8 Å². The van der Waals surface area contributed by atoms with Crippen LogP contribution in [0.3, 0.4) is 0 Å². The molecule has 4 aromatic rings. The third kappa shape index (κ3) is 4.83. The maximum Gasteiger partial charge on any atom is 0.268 e. The zero-order valence-electron chi connectivity index (χ0n) is 23.4. The number of nitrogens with one attached hydrogen (secondary N) is 2. The molecule has 4 N–H and O–H groups in total. The molecule has 0 bridgehead atoms. The van der Waals surface area contributed by atoms with Gasteiger partial charge in [0.25, 0.3) is 5.91 Å². The van der Waals surface area contributed by atoms with Crippen molar-refractivity contribution in [3.8, 4) is 16.9 Å². The summed E-state index contributed by atoms with van der Waals surface area (Å²) in [7, 11) is 0. The predicted molar refractivity (Wildman–Crippen MR) is 157 cm³/mol. The monoisotopic (exact) mass is 540 g/mol. The van der Waals surface area contributed by atoms with Crippen LogP contribution in [0.5, 0.6) is 5.75 Å². The van der Waals surface area contributed by atoms with Crippen LogP contribution >= 0.6 is 0 Å². The fraction of sp³-hybridized carbons (Fsp3) is 0.400. The third-order valence-corrected chi connectivity index (χ3v) is 7.73. The molecule has 1 fully saturated rings. The third-order valence-electron chi connectivity index (χ3n) is 7.73. The summed E-state index contributed by atoms with van der Waals surface area (Å²) in [5.41, 5.74) is 10.9. The number of hydrogen-bond acceptors (Lipinski definition) is 8. The van der Waals surface area contributed by atoms with Gasteiger partial charge in [-0.1, -0.05) is 44.2 Å². The molecular weight excluding hydrogens is 504 g/mol. The molecular formula is C30H36N8O2. The van der Waals surface area contributed by atoms with Crippen molar-refractivity contribution in [2.24, 2.45) is 5.73 Å². The number of rotatable bonds is 6. The number of anilines is 3. The SMILES string of the molecule is CC(C)c1cnn2c(NCc3ccccc3-c3ccc4c(c3)NC(=O)C(C)(C)O4)nc(N3CCC(N)CC3)nc12. The highest BCUT2D eigenvalue weighted by Crippen LogP contribution is 2.37. The summed E-state index contributed by atoms with van der Waals surface area (Å²) in [5.74, 6) is 2.13. The van der Waals surface area contributed by atoms with Gasteiger partial charge in [-0.15, -0.1) is 0 Å². The second-order valence-electron chi connectivity index (χ2n) is 11.4. The van der Waals surface area contributed by atoms with Gasteiger partial charge in [0, 0.05) is 31.2 Å². The van der Waals surface area contributed by atoms with E-state index < -0.39 is 5.60 Å². The van der Waals surface area contributed by atoms with Crippen molar-refractivity contribution in [1.29, 1.82) is 0 Å². The Morgan fingerprint density at radius 1 is 1.15 bits per heavy atom. The molecule has 2 aliphatic rings. The summed E-state index contributed by atoms with van der Waals surface area (Å²) in [6.45, 7) is 10.0. The largest absolute Gasteiger partial charge is 0.476 e. The molecule has 6 rings (SSSR count). The Bertz CT molecular complexity index is 1570. The number of nitrogens with two attached hydrogens (primary N) is 1. The van der Waals surface area contributed by atoms with Crippen molar-refractivity contribution >= 4 is 29.1 Å². The van der Waals surface area contributed by atoms with Crippen LogP contribution in [0.4, 0.5) is 17.6 Å². The minimum atomic E-state index is -0.903. The van der Waals surface area contributed by atoms with E-state index in [1.165, 1.54) is 0 Å². The zero-order chi connectivity index (χ0) is 28.0. The lowest BCUT2D eigenvalue weighted by molar-refractivity contribution is -0.129. The van der Waals surface area contributed by atoms with Gasteiger partial charge in [0.05, 0.1) is 11.9 Å². The van der Waals surface area contributed by atoms with E-state index in [1.54, 1.807) is 18.4 Å². The average molecular weight is 541 g/mol. The minimum Gasteiger partial charge on any atom is -0.476 e. The van der Waals surface area contributed by atoms with Gasteiger partial charge in [0.1, 0.15) is 5.75 Å². The number of aromatic nitrogens is 4. The maximum atomic E-state index is 12.5. The van der Waals surface area contributed by atoms with Gasteiger partial charge in [0.2, 0.25) is 11.9 Å². The first-order valence-corrected chi connectivity index (χ1v) is 13.9. The Morgan fingerprint density at radius 2 is 1.93 bits per heavy atom. The molecule has 0 atom stereocenters. The molecule has 2 aromatic heterocycles. The van der Waals surface area contributed by atoms with E-state index in [0.29, 0.717) is 29.9 Å². The number of carbonyl (C=O) groups is 1. The van der Waals surface area contributed by atoms with E-state index >= 15 is 0 Å². The topological polar surface area (TPSA) is 123 Å². The number of hydrogen-bond donors (Lipinski definition) is 3. The Balaban J connectivity index is 1.32. The van der Waals surface area contributed by atoms with Crippen LogP contribution in [0.2, 0.25) is 0 Å². The second-order valence-corrected chi connectivity index (χ2v) is 11.4. The molecule has 10 heteroatoms. The van der Waals surface area contributed by atoms with Gasteiger partial charge >= 0.3 is 0 Å². The van der Waals surface area contributed by atoms with E-state index in [2.05, 4.69) is 46.6 Å². The van der Waals surface area contributed by atoms with E-state index in [1.807, 2.05) is 36.5 Å². The fourth-order valence-electron chi connectivity index (χ4n) is 5.25. The highest BCUT2D eigenvalue weighted by Gasteiger charge is 2.35. The van der Waals surface area contributed by atoms with Crippen LogP contribution in [0, 0.1) is 0 Å². The first-order valence-electron chi connectivity index (χ1n) is 13.9. The van der Waals surface area contributed by atoms with Crippen LogP contribution in [-0.2, 0) is 11.3 Å². The lowest BCUT2D eigenvalue weighted by Gasteiger charge is -2.31. The molecule has 0 saturated carbocycles. The molecule has 0 radical (unpaired) electrons. The summed E-state index contributed by atoms with van der Waals surface area (Å²) >= 11 is 0. The highest BCUT2D eigenvalue weighted by molar-refractivity contribution is 6.00. The summed E-state index contributed by atoms with van der Waals surface area (Å²) in [4.78, 5) is 24.5. The Hall–Kier alpha value is -4.18. The minimum absolute atomic E-state index is 0.161. The molecule has 4 heterocycles. The second kappa shape index (κ2) is 10.1. The van der Waals surface area contributed by atoms with E-state index in [-0.39, 0.29) is 17.9 Å². The molecule has 40 heavy (non-hydrogen) atoms. The van der Waals surface area contributed by atoms with Crippen molar-refractivity contribution in [2.75, 3.05) is 28.6 Å². The van der Waals surface area contributed by atoms with E-state index in [0.717, 1.165) is 53.8 Å². The van der Waals surface area contributed by atoms with Gasteiger partial charge in [0.15, 0.2) is 11.2 Å². The molecule has 2 aliphatic heterocycles. The molecule has 1 saturated heterocycles. The highest BCUT2D eigenvalue weighted by atomic mass is 16.5. The number of nitrogens with zero attached hydrogens (tertiary/aromatic N) is 5. The molecule has 1 amide bonds. The molecule has 0 unspecified atom stereocenters. The lowest BCUT2D eigenvalue weighted by Crippen LogP contribution is -2.45. The molecule has 2 aromatic carbocycles. The normalized spacial score (nSPS) is 17.1. The van der Waals surface area contributed by atoms with Crippen LogP contribution in [0.1, 0.15) is 57.6 Å². The van der Waals surface area contributed by atoms with E-state index in [4.69, 9.17) is 20.4 Å². The van der Waals surface area contributed by atoms with Gasteiger partial charge < -0.3 is 26.0 Å². The summed E-state index contributed by atoms with van der Waals surface area (Å²) in [5, 5.41) is 11.2. The number of fused-ring (bicyclic) bond motifs is 2. The Kier molecular flexibility index (Phi) is 6.58. The van der Waals surface area contributed by atoms with Crippen molar-refractivity contribution < 1.29 is 9.53 Å². The van der Waals surface area contributed by atoms with Gasteiger partial charge in [-0.05, 0) is 61.4 Å². The molecule has 10 nitrogen and oxygen atoms in total. The molecule has 208 valence electrons. The van der Waals surface area contributed by atoms with Crippen LogP contribution in [-0.4, -0.2) is 50.2 Å². The van der Waals surface area contributed by atoms with Crippen molar-refractivity contribution in [2.45, 2.75) is 64.6 Å². The van der Waals surface area contributed by atoms with Crippen LogP contribution < -0.4 is 26.0 Å². The first kappa shape index (κ1) is 26.1. The number of amides is 1. The maximum absolute atomic E-state index is 12.5. The number of ether oxygens (including phenoxy) is 1. The summed E-state index contributed by atoms with van der Waals surface area (Å²) in [6, 6.07) is 14.3. The van der Waals surface area contributed by atoms with E-state index in [9.17, 15) is 4.79 Å². The molecule has 0 aliphatic carbocycles. The Labute approximate surface area is 233 Å². The zero-order valence-corrected chi connectivity index (χ0v) is 23.4. The van der Waals surface area contributed by atoms with Crippen molar-refractivity contribution in [3.63, 3.8) is 0 Å². The van der Waals surface area contributed by atoms with Crippen LogP contribution in [0.15, 0.2) is 48.7 Å². The molecule has 0 spiro atoms. The summed E-state index contributed by atoms with van der Waals surface area (Å²) in [6.07, 6.45) is 3.73. The van der Waals surface area contributed by atoms with Gasteiger partial charge in [-0.2, -0.15) is 19.6 Å². The summed E-state index contributed by atoms with van der Waals surface area (Å²) < 4.78 is 7.72. The number of benzene rings is 2. The lowest BCUT2D eigenvalue weighted by atomic mass is 9.98. The quantitative estimate of drug-likeness (QED) is 0.325. The van der Waals surface area contributed by atoms with Crippen molar-refractivity contribution in [1.82, 2.24) is 19.6 Å². The predicted octanol–water partition coefficient (Wildman–Crippen LogP) is 4.56. The number of piperidine rings is 1. The Morgan fingerprint density at radius 3 is 2.70 bits per heavy atom.